The number of anilines is 1. The lowest BCUT2D eigenvalue weighted by molar-refractivity contribution is -0.117. The van der Waals surface area contributed by atoms with Gasteiger partial charge in [-0.1, -0.05) is 6.07 Å². The van der Waals surface area contributed by atoms with E-state index in [-0.39, 0.29) is 30.9 Å². The SMILES string of the molecule is CC(=O)c1cc2c(cc1NC(=O)CN1CCN(C(=O)c3cccc(F)c3)CC1)OCO2. The lowest BCUT2D eigenvalue weighted by Gasteiger charge is -2.34. The van der Waals surface area contributed by atoms with E-state index in [0.717, 1.165) is 0 Å². The van der Waals surface area contributed by atoms with Crippen LogP contribution in [0.25, 0.3) is 0 Å². The first-order chi connectivity index (χ1) is 14.9. The molecule has 2 aliphatic heterocycles. The molecule has 8 nitrogen and oxygen atoms in total. The Hall–Kier alpha value is -3.46. The third-order valence-corrected chi connectivity index (χ3v) is 5.26. The molecule has 0 saturated carbocycles. The van der Waals surface area contributed by atoms with Gasteiger partial charge in [0.05, 0.1) is 12.2 Å². The van der Waals surface area contributed by atoms with Gasteiger partial charge in [-0.3, -0.25) is 19.3 Å². The number of hydrogen-bond donors (Lipinski definition) is 1. The zero-order valence-electron chi connectivity index (χ0n) is 17.0. The van der Waals surface area contributed by atoms with E-state index in [2.05, 4.69) is 5.32 Å². The van der Waals surface area contributed by atoms with Crippen LogP contribution >= 0.6 is 0 Å². The van der Waals surface area contributed by atoms with Crippen molar-refractivity contribution in [1.29, 1.82) is 0 Å². The third kappa shape index (κ3) is 4.66. The van der Waals surface area contributed by atoms with Crippen molar-refractivity contribution in [3.05, 3.63) is 53.3 Å². The van der Waals surface area contributed by atoms with Crippen LogP contribution in [0.1, 0.15) is 27.6 Å². The predicted molar refractivity (Wildman–Crippen MR) is 110 cm³/mol. The van der Waals surface area contributed by atoms with Gasteiger partial charge in [0, 0.05) is 43.4 Å². The van der Waals surface area contributed by atoms with Crippen molar-refractivity contribution in [2.45, 2.75) is 6.92 Å². The fourth-order valence-corrected chi connectivity index (χ4v) is 3.64. The highest BCUT2D eigenvalue weighted by molar-refractivity contribution is 6.05. The second kappa shape index (κ2) is 8.73. The number of fused-ring (bicyclic) bond motifs is 1. The van der Waals surface area contributed by atoms with Crippen molar-refractivity contribution in [2.24, 2.45) is 0 Å². The Morgan fingerprint density at radius 2 is 1.74 bits per heavy atom. The molecule has 1 fully saturated rings. The number of nitrogens with zero attached hydrogens (tertiary/aromatic N) is 2. The number of carbonyl (C=O) groups excluding carboxylic acids is 3. The fraction of sp³-hybridized carbons (Fsp3) is 0.318. The summed E-state index contributed by atoms with van der Waals surface area (Å²) >= 11 is 0. The number of piperazine rings is 1. The van der Waals surface area contributed by atoms with Gasteiger partial charge in [0.25, 0.3) is 5.91 Å². The summed E-state index contributed by atoms with van der Waals surface area (Å²) in [6.45, 7) is 3.50. The molecular weight excluding hydrogens is 405 g/mol. The van der Waals surface area contributed by atoms with E-state index in [4.69, 9.17) is 9.47 Å². The molecule has 0 spiro atoms. The van der Waals surface area contributed by atoms with Gasteiger partial charge in [0.15, 0.2) is 17.3 Å². The maximum atomic E-state index is 13.4. The minimum atomic E-state index is -0.449. The smallest absolute Gasteiger partial charge is 0.254 e. The van der Waals surface area contributed by atoms with Crippen LogP contribution < -0.4 is 14.8 Å². The fourth-order valence-electron chi connectivity index (χ4n) is 3.64. The summed E-state index contributed by atoms with van der Waals surface area (Å²) in [6.07, 6.45) is 0. The highest BCUT2D eigenvalue weighted by Crippen LogP contribution is 2.37. The van der Waals surface area contributed by atoms with Crippen molar-refractivity contribution in [3.63, 3.8) is 0 Å². The Bertz CT molecular complexity index is 1030. The van der Waals surface area contributed by atoms with Gasteiger partial charge in [-0.25, -0.2) is 4.39 Å². The second-order valence-electron chi connectivity index (χ2n) is 7.43. The summed E-state index contributed by atoms with van der Waals surface area (Å²) < 4.78 is 24.0. The monoisotopic (exact) mass is 427 g/mol. The highest BCUT2D eigenvalue weighted by atomic mass is 19.1. The number of hydrogen-bond acceptors (Lipinski definition) is 6. The topological polar surface area (TPSA) is 88.2 Å². The molecule has 2 heterocycles. The number of Topliss-reactive ketones (excluding diaryl/α,β-unsaturated/α-hetero) is 1. The van der Waals surface area contributed by atoms with Gasteiger partial charge in [0.1, 0.15) is 5.82 Å². The molecule has 0 bridgehead atoms. The Morgan fingerprint density at radius 1 is 1.03 bits per heavy atom. The molecule has 2 aromatic carbocycles. The predicted octanol–water partition coefficient (Wildman–Crippen LogP) is 2.15. The average molecular weight is 427 g/mol. The molecule has 1 saturated heterocycles. The Morgan fingerprint density at radius 3 is 2.42 bits per heavy atom. The van der Waals surface area contributed by atoms with E-state index in [1.807, 2.05) is 4.90 Å². The van der Waals surface area contributed by atoms with Crippen LogP contribution in [0.3, 0.4) is 0 Å². The molecule has 2 amide bonds. The van der Waals surface area contributed by atoms with Crippen molar-refractivity contribution in [1.82, 2.24) is 9.80 Å². The zero-order valence-corrected chi connectivity index (χ0v) is 17.0. The largest absolute Gasteiger partial charge is 0.454 e. The second-order valence-corrected chi connectivity index (χ2v) is 7.43. The molecule has 0 atom stereocenters. The van der Waals surface area contributed by atoms with Crippen molar-refractivity contribution in [2.75, 3.05) is 44.8 Å². The molecule has 0 radical (unpaired) electrons. The van der Waals surface area contributed by atoms with Crippen molar-refractivity contribution >= 4 is 23.3 Å². The van der Waals surface area contributed by atoms with Crippen LogP contribution in [-0.2, 0) is 4.79 Å². The van der Waals surface area contributed by atoms with Gasteiger partial charge >= 0.3 is 0 Å². The summed E-state index contributed by atoms with van der Waals surface area (Å²) in [7, 11) is 0. The molecule has 0 aromatic heterocycles. The number of amides is 2. The van der Waals surface area contributed by atoms with Gasteiger partial charge in [0.2, 0.25) is 12.7 Å². The van der Waals surface area contributed by atoms with Gasteiger partial charge < -0.3 is 19.7 Å². The van der Waals surface area contributed by atoms with Crippen molar-refractivity contribution in [3.8, 4) is 11.5 Å². The first kappa shape index (κ1) is 20.8. The first-order valence-electron chi connectivity index (χ1n) is 9.92. The number of halogens is 1. The lowest BCUT2D eigenvalue weighted by Crippen LogP contribution is -2.50. The van der Waals surface area contributed by atoms with E-state index < -0.39 is 5.82 Å². The van der Waals surface area contributed by atoms with E-state index in [1.54, 1.807) is 23.1 Å². The molecular formula is C22H22FN3O5. The standard InChI is InChI=1S/C22H22FN3O5/c1-14(27)17-10-19-20(31-13-30-19)11-18(17)24-21(28)12-25-5-7-26(8-6-25)22(29)15-3-2-4-16(23)9-15/h2-4,9-11H,5-8,12-13H2,1H3,(H,24,28). The summed E-state index contributed by atoms with van der Waals surface area (Å²) in [5.74, 6) is -0.193. The van der Waals surface area contributed by atoms with Crippen molar-refractivity contribution < 1.29 is 28.2 Å². The van der Waals surface area contributed by atoms with Crippen LogP contribution in [-0.4, -0.2) is 66.9 Å². The number of ketones is 1. The third-order valence-electron chi connectivity index (χ3n) is 5.26. The number of rotatable bonds is 5. The minimum Gasteiger partial charge on any atom is -0.454 e. The molecule has 2 aliphatic rings. The summed E-state index contributed by atoms with van der Waals surface area (Å²) in [4.78, 5) is 40.6. The quantitative estimate of drug-likeness (QED) is 0.736. The van der Waals surface area contributed by atoms with E-state index in [1.165, 1.54) is 25.1 Å². The van der Waals surface area contributed by atoms with E-state index >= 15 is 0 Å². The average Bonchev–Trinajstić information content (AvgIpc) is 3.20. The normalized spacial score (nSPS) is 15.6. The minimum absolute atomic E-state index is 0.0721. The molecule has 1 N–H and O–H groups in total. The molecule has 0 aliphatic carbocycles. The summed E-state index contributed by atoms with van der Waals surface area (Å²) in [5, 5.41) is 2.78. The van der Waals surface area contributed by atoms with Crippen LogP contribution in [0.15, 0.2) is 36.4 Å². The molecule has 4 rings (SSSR count). The lowest BCUT2D eigenvalue weighted by atomic mass is 10.1. The number of carbonyl (C=O) groups is 3. The van der Waals surface area contributed by atoms with Gasteiger partial charge in [-0.05, 0) is 31.2 Å². The molecule has 0 unspecified atom stereocenters. The molecule has 2 aromatic rings. The van der Waals surface area contributed by atoms with Crippen LogP contribution in [0.4, 0.5) is 10.1 Å². The highest BCUT2D eigenvalue weighted by Gasteiger charge is 2.25. The number of benzene rings is 2. The first-order valence-corrected chi connectivity index (χ1v) is 9.92. The maximum absolute atomic E-state index is 13.4. The molecule has 9 heteroatoms. The molecule has 162 valence electrons. The number of nitrogens with one attached hydrogen (secondary N) is 1. The Balaban J connectivity index is 1.34. The Kier molecular flexibility index (Phi) is 5.85. The van der Waals surface area contributed by atoms with Gasteiger partial charge in [-0.2, -0.15) is 0 Å². The van der Waals surface area contributed by atoms with E-state index in [0.29, 0.717) is 54.5 Å². The van der Waals surface area contributed by atoms with Gasteiger partial charge in [-0.15, -0.1) is 0 Å². The van der Waals surface area contributed by atoms with Crippen LogP contribution in [0, 0.1) is 5.82 Å². The maximum Gasteiger partial charge on any atom is 0.254 e. The summed E-state index contributed by atoms with van der Waals surface area (Å²) in [5.41, 5.74) is 1.04. The summed E-state index contributed by atoms with van der Waals surface area (Å²) in [6, 6.07) is 8.77. The van der Waals surface area contributed by atoms with E-state index in [9.17, 15) is 18.8 Å². The van der Waals surface area contributed by atoms with Crippen LogP contribution in [0.5, 0.6) is 11.5 Å². The Labute approximate surface area is 178 Å². The number of ether oxygens (including phenoxy) is 2. The molecule has 31 heavy (non-hydrogen) atoms. The van der Waals surface area contributed by atoms with Crippen LogP contribution in [0.2, 0.25) is 0 Å². The zero-order chi connectivity index (χ0) is 22.0.